The summed E-state index contributed by atoms with van der Waals surface area (Å²) in [4.78, 5) is 70.5. The van der Waals surface area contributed by atoms with Crippen molar-refractivity contribution >= 4 is 39.4 Å². The molecule has 52 heavy (non-hydrogen) atoms. The number of hydrogen-bond donors (Lipinski definition) is 4. The van der Waals surface area contributed by atoms with Gasteiger partial charge in [-0.3, -0.25) is 19.2 Å². The first-order chi connectivity index (χ1) is 24.4. The van der Waals surface area contributed by atoms with Gasteiger partial charge in [0.05, 0.1) is 28.2 Å². The first-order valence-electron chi connectivity index (χ1n) is 19.8. The van der Waals surface area contributed by atoms with Crippen molar-refractivity contribution < 1.29 is 37.1 Å². The summed E-state index contributed by atoms with van der Waals surface area (Å²) in [6.45, 7) is 11.5. The van der Waals surface area contributed by atoms with E-state index >= 15 is 0 Å². The highest BCUT2D eigenvalue weighted by molar-refractivity contribution is 7.92. The van der Waals surface area contributed by atoms with Crippen LogP contribution in [-0.2, 0) is 33.8 Å². The Labute approximate surface area is 311 Å². The van der Waals surface area contributed by atoms with Crippen molar-refractivity contribution in [2.45, 2.75) is 178 Å². The summed E-state index contributed by atoms with van der Waals surface area (Å²) < 4.78 is 32.0. The number of rotatable bonds is 9. The van der Waals surface area contributed by atoms with Gasteiger partial charge in [0, 0.05) is 19.2 Å². The van der Waals surface area contributed by atoms with Crippen LogP contribution >= 0.6 is 0 Å². The highest BCUT2D eigenvalue weighted by Gasteiger charge is 2.47. The third-order valence-electron chi connectivity index (χ3n) is 11.2. The summed E-state index contributed by atoms with van der Waals surface area (Å²) in [7, 11) is -3.58. The van der Waals surface area contributed by atoms with E-state index in [0.717, 1.165) is 57.8 Å². The monoisotopic (exact) mass is 751 g/mol. The number of ketones is 1. The molecule has 0 spiro atoms. The number of nitrogens with zero attached hydrogens (tertiary/aromatic N) is 1. The average Bonchev–Trinajstić information content (AvgIpc) is 3.78. The normalized spacial score (nSPS) is 28.4. The van der Waals surface area contributed by atoms with Gasteiger partial charge in [0.1, 0.15) is 12.1 Å². The van der Waals surface area contributed by atoms with Gasteiger partial charge in [0.25, 0.3) is 5.91 Å². The van der Waals surface area contributed by atoms with Crippen LogP contribution in [0.5, 0.6) is 0 Å². The summed E-state index contributed by atoms with van der Waals surface area (Å²) in [5.74, 6) is -2.48. The number of hydrogen-bond acceptors (Lipinski definition) is 8. The molecule has 0 aromatic rings. The molecule has 2 aliphatic heterocycles. The van der Waals surface area contributed by atoms with Gasteiger partial charge >= 0.3 is 6.03 Å². The van der Waals surface area contributed by atoms with Crippen LogP contribution < -0.4 is 21.3 Å². The lowest BCUT2D eigenvalue weighted by Crippen LogP contribution is -2.63. The Morgan fingerprint density at radius 2 is 1.56 bits per heavy atom. The number of fused-ring (bicyclic) bond motifs is 1. The molecule has 4 fully saturated rings. The molecule has 13 nitrogen and oxygen atoms in total. The van der Waals surface area contributed by atoms with Gasteiger partial charge in [-0.1, -0.05) is 58.8 Å². The Balaban J connectivity index is 1.62. The number of carbonyl (C=O) groups excluding carboxylic acids is 5. The summed E-state index contributed by atoms with van der Waals surface area (Å²) in [5.41, 5.74) is -0.980. The van der Waals surface area contributed by atoms with Crippen molar-refractivity contribution in [3.05, 3.63) is 0 Å². The van der Waals surface area contributed by atoms with Gasteiger partial charge in [-0.25, -0.2) is 13.2 Å². The Morgan fingerprint density at radius 3 is 2.19 bits per heavy atom. The SMILES string of the molecule is CC(C)C[C@H]1CCN2C(=O)[C@@H](NC(=O)NC3(CS(=O)(=O)C(C)(C)C)CCCCC3)[C@H](C)OCCCCCCC[C@@H](C(=O)C(=O)NC3CC3)NC(=O)[C@H]12. The third-order valence-corrected chi connectivity index (χ3v) is 14.0. The van der Waals surface area contributed by atoms with E-state index in [1.54, 1.807) is 27.7 Å². The molecule has 0 radical (unpaired) electrons. The molecule has 0 aromatic heterocycles. The molecule has 5 amide bonds. The Kier molecular flexibility index (Phi) is 14.6. The van der Waals surface area contributed by atoms with Crippen molar-refractivity contribution in [2.75, 3.05) is 18.9 Å². The topological polar surface area (TPSA) is 180 Å². The van der Waals surface area contributed by atoms with Crippen LogP contribution in [0.1, 0.15) is 138 Å². The second kappa shape index (κ2) is 18.1. The second-order valence-corrected chi connectivity index (χ2v) is 20.0. The van der Waals surface area contributed by atoms with E-state index in [1.165, 1.54) is 4.90 Å². The van der Waals surface area contributed by atoms with E-state index in [0.29, 0.717) is 45.1 Å². The minimum atomic E-state index is -3.58. The van der Waals surface area contributed by atoms with Crippen molar-refractivity contribution in [3.8, 4) is 0 Å². The smallest absolute Gasteiger partial charge is 0.315 e. The molecule has 0 bridgehead atoms. The van der Waals surface area contributed by atoms with Gasteiger partial charge in [0.2, 0.25) is 17.6 Å². The van der Waals surface area contributed by atoms with Crippen molar-refractivity contribution in [1.29, 1.82) is 0 Å². The summed E-state index contributed by atoms with van der Waals surface area (Å²) in [5, 5.41) is 11.5. The van der Waals surface area contributed by atoms with Crippen LogP contribution in [0.15, 0.2) is 0 Å². The number of Topliss-reactive ketones (excluding diaryl/α,β-unsaturated/α-hetero) is 1. The highest BCUT2D eigenvalue weighted by atomic mass is 32.2. The number of amides is 5. The van der Waals surface area contributed by atoms with E-state index < -0.39 is 73.9 Å². The Morgan fingerprint density at radius 1 is 0.923 bits per heavy atom. The van der Waals surface area contributed by atoms with E-state index in [2.05, 4.69) is 35.1 Å². The quantitative estimate of drug-likeness (QED) is 0.256. The molecule has 0 aromatic carbocycles. The molecule has 14 heteroatoms. The predicted octanol–water partition coefficient (Wildman–Crippen LogP) is 3.93. The van der Waals surface area contributed by atoms with Gasteiger partial charge in [-0.05, 0) is 90.9 Å². The van der Waals surface area contributed by atoms with Crippen LogP contribution in [0, 0.1) is 11.8 Å². The molecule has 2 saturated carbocycles. The third kappa shape index (κ3) is 11.4. The number of sulfone groups is 1. The first kappa shape index (κ1) is 42.0. The molecule has 2 saturated heterocycles. The number of nitrogens with one attached hydrogen (secondary N) is 4. The predicted molar refractivity (Wildman–Crippen MR) is 199 cm³/mol. The molecule has 296 valence electrons. The number of carbonyl (C=O) groups is 5. The summed E-state index contributed by atoms with van der Waals surface area (Å²) >= 11 is 0. The summed E-state index contributed by atoms with van der Waals surface area (Å²) in [6.07, 6.45) is 9.89. The molecule has 2 aliphatic carbocycles. The van der Waals surface area contributed by atoms with Crippen LogP contribution in [0.2, 0.25) is 0 Å². The second-order valence-electron chi connectivity index (χ2n) is 17.2. The Bertz CT molecular complexity index is 1390. The lowest BCUT2D eigenvalue weighted by molar-refractivity contribution is -0.145. The maximum Gasteiger partial charge on any atom is 0.315 e. The molecule has 4 rings (SSSR count). The zero-order chi connectivity index (χ0) is 38.3. The maximum atomic E-state index is 14.6. The van der Waals surface area contributed by atoms with E-state index in [4.69, 9.17) is 4.74 Å². The zero-order valence-electron chi connectivity index (χ0n) is 32.4. The van der Waals surface area contributed by atoms with Crippen LogP contribution in [0.4, 0.5) is 4.79 Å². The van der Waals surface area contributed by atoms with Gasteiger partial charge in [-0.2, -0.15) is 0 Å². The van der Waals surface area contributed by atoms with E-state index in [9.17, 15) is 32.4 Å². The van der Waals surface area contributed by atoms with Crippen molar-refractivity contribution in [3.63, 3.8) is 0 Å². The van der Waals surface area contributed by atoms with Crippen LogP contribution in [0.3, 0.4) is 0 Å². The molecule has 5 atom stereocenters. The van der Waals surface area contributed by atoms with E-state index in [1.807, 2.05) is 0 Å². The molecular formula is C38H65N5O8S. The minimum Gasteiger partial charge on any atom is -0.376 e. The highest BCUT2D eigenvalue weighted by Crippen LogP contribution is 2.34. The summed E-state index contributed by atoms with van der Waals surface area (Å²) in [6, 6.07) is -3.73. The van der Waals surface area contributed by atoms with E-state index in [-0.39, 0.29) is 30.2 Å². The van der Waals surface area contributed by atoms with Crippen LogP contribution in [0.25, 0.3) is 0 Å². The molecular weight excluding hydrogens is 687 g/mol. The molecule has 2 heterocycles. The largest absolute Gasteiger partial charge is 0.376 e. The number of urea groups is 1. The molecule has 4 aliphatic rings. The standard InChI is InChI=1S/C38H65N5O8S/c1-25(2)23-27-18-21-43-31(27)33(45)40-29(32(44)34(46)39-28-16-17-28)15-11-8-7-9-14-22-51-26(3)30(35(43)47)41-36(48)42-38(19-12-10-13-20-38)24-52(49,50)37(4,5)6/h25-31H,7-24H2,1-6H3,(H,39,46)(H,40,45)(H2,41,42,48)/t26-,27+,29-,30-,31-/m0/s1. The van der Waals surface area contributed by atoms with Crippen molar-refractivity contribution in [2.24, 2.45) is 11.8 Å². The number of ether oxygens (including phenoxy) is 1. The van der Waals surface area contributed by atoms with Crippen LogP contribution in [-0.4, -0.2) is 102 Å². The lowest BCUT2D eigenvalue weighted by atomic mass is 9.83. The fourth-order valence-corrected chi connectivity index (χ4v) is 9.44. The Hall–Kier alpha value is -2.74. The average molecular weight is 752 g/mol. The van der Waals surface area contributed by atoms with Crippen molar-refractivity contribution in [1.82, 2.24) is 26.2 Å². The fourth-order valence-electron chi connectivity index (χ4n) is 7.92. The van der Waals surface area contributed by atoms with Gasteiger partial charge in [-0.15, -0.1) is 0 Å². The molecule has 4 N–H and O–H groups in total. The minimum absolute atomic E-state index is 0.00145. The molecule has 0 unspecified atom stereocenters. The lowest BCUT2D eigenvalue weighted by Gasteiger charge is -2.40. The first-order valence-corrected chi connectivity index (χ1v) is 21.5. The van der Waals surface area contributed by atoms with Gasteiger partial charge < -0.3 is 30.9 Å². The fraction of sp³-hybridized carbons (Fsp3) is 0.868. The van der Waals surface area contributed by atoms with Gasteiger partial charge in [0.15, 0.2) is 9.84 Å². The zero-order valence-corrected chi connectivity index (χ0v) is 33.2. The maximum absolute atomic E-state index is 14.6.